The van der Waals surface area contributed by atoms with Crippen LogP contribution in [0.25, 0.3) is 0 Å². The summed E-state index contributed by atoms with van der Waals surface area (Å²) in [5, 5.41) is 46.6. The molecule has 0 radical (unpaired) electrons. The highest BCUT2D eigenvalue weighted by molar-refractivity contribution is 6.29. The Bertz CT molecular complexity index is 1700. The number of nitrogens with two attached hydrogens (primary N) is 1. The first-order valence-electron chi connectivity index (χ1n) is 18.1. The summed E-state index contributed by atoms with van der Waals surface area (Å²) in [5.41, 5.74) is -3.41. The first-order chi connectivity index (χ1) is 24.1. The number of aliphatic hydroxyl groups is 3. The highest BCUT2D eigenvalue weighted by atomic mass is 16.7. The third-order valence-corrected chi connectivity index (χ3v) is 12.6. The van der Waals surface area contributed by atoms with Crippen LogP contribution in [-0.4, -0.2) is 115 Å². The molecule has 0 amide bonds. The summed E-state index contributed by atoms with van der Waals surface area (Å²) in [6, 6.07) is 2.65. The maximum Gasteiger partial charge on any atom is 0.207 e. The number of phenolic OH excluding ortho intramolecular Hbond substituents is 1. The molecule has 4 heterocycles. The summed E-state index contributed by atoms with van der Waals surface area (Å²) >= 11 is 0. The molecule has 7 aliphatic rings. The molecule has 278 valence electrons. The van der Waals surface area contributed by atoms with Crippen LogP contribution in [0.4, 0.5) is 0 Å². The van der Waals surface area contributed by atoms with E-state index in [2.05, 4.69) is 0 Å². The third-order valence-electron chi connectivity index (χ3n) is 12.6. The molecular weight excluding hydrogens is 666 g/mol. The zero-order valence-corrected chi connectivity index (χ0v) is 29.2. The summed E-state index contributed by atoms with van der Waals surface area (Å²) in [4.78, 5) is 43.1. The molecule has 1 aromatic carbocycles. The normalized spacial score (nSPS) is 47.8. The quantitative estimate of drug-likeness (QED) is 0.275. The highest BCUT2D eigenvalue weighted by Crippen LogP contribution is 2.71. The zero-order valence-electron chi connectivity index (χ0n) is 29.2. The van der Waals surface area contributed by atoms with E-state index in [0.29, 0.717) is 49.7 Å². The van der Waals surface area contributed by atoms with Gasteiger partial charge in [-0.05, 0) is 71.9 Å². The van der Waals surface area contributed by atoms with Crippen molar-refractivity contribution >= 4 is 17.3 Å². The number of fused-ring (bicyclic) bond motifs is 2. The number of epoxide rings is 1. The SMILES string of the molecule is CC1=CC(=O)[C@]2(O)[C@@]34O[C@]3(C[C@@H](O[C@H]3CC[C@H](N)[C@H](C)O3)[C@]2(O)C1)C(=O)c1c(ccc([C@H]2CC[C@H](O[C@H]3CC[C@H](O)[C@H](C)O3)[C@H](C)O2)c1O)C4=O. The molecule has 6 N–H and O–H groups in total. The Morgan fingerprint density at radius 2 is 1.57 bits per heavy atom. The number of hydrogen-bond donors (Lipinski definition) is 5. The van der Waals surface area contributed by atoms with Crippen LogP contribution < -0.4 is 5.73 Å². The standard InChI is InChI=1S/C37H47NO13/c1-16-13-26(40)36(45)34(44,14-16)27(50-29-11-7-22(38)17(2)47-29)15-35-33(43)30-21(32(42)37(35,36)51-35)6-5-20(31(30)41)25-10-9-24(19(4)46-25)49-28-12-8-23(39)18(3)48-28/h5-6,13,17-19,22-25,27-29,39,41,44-45H,7-12,14-15,38H2,1-4H3/t17-,18-,19-,22-,23-,24-,25+,27+,28-,29-,34+,35+,36+,37-/m0/s1. The number of ketones is 3. The molecule has 4 aliphatic heterocycles. The van der Waals surface area contributed by atoms with Gasteiger partial charge in [0.15, 0.2) is 29.6 Å². The van der Waals surface area contributed by atoms with Gasteiger partial charge in [-0.2, -0.15) is 0 Å². The Morgan fingerprint density at radius 1 is 0.863 bits per heavy atom. The van der Waals surface area contributed by atoms with Crippen molar-refractivity contribution in [2.45, 2.75) is 163 Å². The average Bonchev–Trinajstić information content (AvgIpc) is 3.79. The van der Waals surface area contributed by atoms with E-state index in [1.807, 2.05) is 6.92 Å². The molecule has 0 bridgehead atoms. The van der Waals surface area contributed by atoms with E-state index in [4.69, 9.17) is 34.2 Å². The Balaban J connectivity index is 1.10. The topological polar surface area (TPSA) is 217 Å². The summed E-state index contributed by atoms with van der Waals surface area (Å²) in [6.07, 6.45) is -1.82. The first kappa shape index (κ1) is 35.4. The van der Waals surface area contributed by atoms with Crippen molar-refractivity contribution < 1.29 is 63.2 Å². The minimum Gasteiger partial charge on any atom is -0.507 e. The molecule has 1 saturated carbocycles. The van der Waals surface area contributed by atoms with Crippen LogP contribution in [0.5, 0.6) is 5.75 Å². The second-order valence-corrected chi connectivity index (χ2v) is 15.7. The van der Waals surface area contributed by atoms with Crippen molar-refractivity contribution in [1.82, 2.24) is 0 Å². The van der Waals surface area contributed by atoms with Crippen LogP contribution in [0.3, 0.4) is 0 Å². The van der Waals surface area contributed by atoms with Gasteiger partial charge in [0, 0.05) is 36.4 Å². The molecule has 1 aromatic rings. The molecule has 8 rings (SSSR count). The lowest BCUT2D eigenvalue weighted by atomic mass is 9.50. The first-order valence-corrected chi connectivity index (χ1v) is 18.1. The van der Waals surface area contributed by atoms with E-state index in [1.165, 1.54) is 12.1 Å². The fraction of sp³-hybridized carbons (Fsp3) is 0.703. The number of benzene rings is 1. The van der Waals surface area contributed by atoms with Crippen molar-refractivity contribution in [2.75, 3.05) is 0 Å². The van der Waals surface area contributed by atoms with Crippen molar-refractivity contribution in [1.29, 1.82) is 0 Å². The summed E-state index contributed by atoms with van der Waals surface area (Å²) in [6.45, 7) is 7.06. The molecule has 51 heavy (non-hydrogen) atoms. The van der Waals surface area contributed by atoms with E-state index >= 15 is 0 Å². The number of rotatable bonds is 5. The molecule has 0 aromatic heterocycles. The van der Waals surface area contributed by atoms with Gasteiger partial charge in [0.1, 0.15) is 11.4 Å². The number of aromatic hydroxyl groups is 1. The zero-order chi connectivity index (χ0) is 36.4. The molecule has 4 saturated heterocycles. The Kier molecular flexibility index (Phi) is 8.29. The van der Waals surface area contributed by atoms with Crippen LogP contribution in [0.1, 0.15) is 111 Å². The number of phenols is 1. The van der Waals surface area contributed by atoms with E-state index in [0.717, 1.165) is 6.08 Å². The Morgan fingerprint density at radius 3 is 2.27 bits per heavy atom. The van der Waals surface area contributed by atoms with Gasteiger partial charge in [-0.3, -0.25) is 14.4 Å². The van der Waals surface area contributed by atoms with Gasteiger partial charge in [-0.15, -0.1) is 0 Å². The van der Waals surface area contributed by atoms with Gasteiger partial charge in [0.25, 0.3) is 0 Å². The van der Waals surface area contributed by atoms with E-state index < -0.39 is 82.5 Å². The second kappa shape index (κ2) is 11.9. The fourth-order valence-electron chi connectivity index (χ4n) is 9.58. The van der Waals surface area contributed by atoms with Gasteiger partial charge in [0.05, 0.1) is 48.3 Å². The van der Waals surface area contributed by atoms with Crippen LogP contribution >= 0.6 is 0 Å². The van der Waals surface area contributed by atoms with Crippen LogP contribution in [0.15, 0.2) is 23.8 Å². The van der Waals surface area contributed by atoms with Crippen LogP contribution in [-0.2, 0) is 33.2 Å². The van der Waals surface area contributed by atoms with Crippen LogP contribution in [0.2, 0.25) is 0 Å². The van der Waals surface area contributed by atoms with Gasteiger partial charge >= 0.3 is 0 Å². The summed E-state index contributed by atoms with van der Waals surface area (Å²) < 4.78 is 36.7. The van der Waals surface area contributed by atoms with Crippen LogP contribution in [0, 0.1) is 0 Å². The van der Waals surface area contributed by atoms with Crippen molar-refractivity contribution in [2.24, 2.45) is 5.73 Å². The summed E-state index contributed by atoms with van der Waals surface area (Å²) in [7, 11) is 0. The summed E-state index contributed by atoms with van der Waals surface area (Å²) in [5.74, 6) is -3.10. The van der Waals surface area contributed by atoms with Gasteiger partial charge in [-0.1, -0.05) is 11.6 Å². The fourth-order valence-corrected chi connectivity index (χ4v) is 9.58. The van der Waals surface area contributed by atoms with Crippen molar-refractivity contribution in [3.63, 3.8) is 0 Å². The third kappa shape index (κ3) is 4.81. The number of carbonyl (C=O) groups excluding carboxylic acids is 3. The Hall–Kier alpha value is -2.63. The van der Waals surface area contributed by atoms with Crippen molar-refractivity contribution in [3.05, 3.63) is 40.5 Å². The lowest BCUT2D eigenvalue weighted by molar-refractivity contribution is -0.286. The molecule has 0 spiro atoms. The lowest BCUT2D eigenvalue weighted by Gasteiger charge is -2.55. The van der Waals surface area contributed by atoms with Gasteiger partial charge in [0.2, 0.25) is 17.2 Å². The number of carbonyl (C=O) groups is 3. The maximum atomic E-state index is 14.7. The smallest absolute Gasteiger partial charge is 0.207 e. The second-order valence-electron chi connectivity index (χ2n) is 15.7. The number of Topliss-reactive ketones (excluding diaryl/α,β-unsaturated/α-hetero) is 2. The molecule has 0 unspecified atom stereocenters. The predicted octanol–water partition coefficient (Wildman–Crippen LogP) is 1.81. The monoisotopic (exact) mass is 713 g/mol. The van der Waals surface area contributed by atoms with E-state index in [9.17, 15) is 34.8 Å². The molecular formula is C37H47NO13. The lowest BCUT2D eigenvalue weighted by Crippen LogP contribution is -2.80. The minimum absolute atomic E-state index is 0.224. The number of hydrogen-bond acceptors (Lipinski definition) is 14. The van der Waals surface area contributed by atoms with E-state index in [1.54, 1.807) is 20.8 Å². The van der Waals surface area contributed by atoms with Crippen molar-refractivity contribution in [3.8, 4) is 5.75 Å². The van der Waals surface area contributed by atoms with Gasteiger partial charge in [-0.25, -0.2) is 0 Å². The minimum atomic E-state index is -2.88. The molecule has 14 heteroatoms. The molecule has 14 nitrogen and oxygen atoms in total. The Labute approximate surface area is 295 Å². The maximum absolute atomic E-state index is 14.7. The van der Waals surface area contributed by atoms with E-state index in [-0.39, 0.29) is 48.3 Å². The van der Waals surface area contributed by atoms with Gasteiger partial charge < -0.3 is 54.6 Å². The molecule has 5 fully saturated rings. The number of ether oxygens (including phenoxy) is 6. The molecule has 14 atom stereocenters. The highest BCUT2D eigenvalue weighted by Gasteiger charge is 2.96. The predicted molar refractivity (Wildman–Crippen MR) is 175 cm³/mol. The largest absolute Gasteiger partial charge is 0.507 e. The number of aliphatic hydroxyl groups excluding tert-OH is 1. The molecule has 3 aliphatic carbocycles. The average molecular weight is 714 g/mol.